The van der Waals surface area contributed by atoms with E-state index in [1.165, 1.54) is 25.3 Å². The van der Waals surface area contributed by atoms with Gasteiger partial charge in [-0.3, -0.25) is 10.1 Å². The highest BCUT2D eigenvalue weighted by molar-refractivity contribution is 5.45. The van der Waals surface area contributed by atoms with Crippen molar-refractivity contribution in [2.24, 2.45) is 0 Å². The van der Waals surface area contributed by atoms with Gasteiger partial charge in [0.25, 0.3) is 5.69 Å². The first-order valence-electron chi connectivity index (χ1n) is 4.29. The number of aliphatic hydroxyl groups excluding tert-OH is 1. The van der Waals surface area contributed by atoms with Gasteiger partial charge in [0.05, 0.1) is 24.4 Å². The van der Waals surface area contributed by atoms with Crippen LogP contribution in [0.15, 0.2) is 30.5 Å². The lowest BCUT2D eigenvalue weighted by atomic mass is 10.1. The van der Waals surface area contributed by atoms with Gasteiger partial charge in [-0.25, -0.2) is 0 Å². The summed E-state index contributed by atoms with van der Waals surface area (Å²) in [7, 11) is 1.45. The summed E-state index contributed by atoms with van der Waals surface area (Å²) in [5.74, 6) is 0.447. The Morgan fingerprint density at radius 2 is 2.33 bits per heavy atom. The molecular formula is C10H11NO4. The van der Waals surface area contributed by atoms with E-state index in [9.17, 15) is 10.1 Å². The summed E-state index contributed by atoms with van der Waals surface area (Å²) in [5, 5.41) is 19.0. The Morgan fingerprint density at radius 1 is 1.60 bits per heavy atom. The highest BCUT2D eigenvalue weighted by atomic mass is 16.6. The lowest BCUT2D eigenvalue weighted by Crippen LogP contribution is -1.94. The molecule has 0 atom stereocenters. The van der Waals surface area contributed by atoms with Crippen molar-refractivity contribution in [3.63, 3.8) is 0 Å². The number of hydrogen-bond acceptors (Lipinski definition) is 4. The number of benzene rings is 1. The number of nitro groups is 1. The number of rotatable bonds is 4. The van der Waals surface area contributed by atoms with Gasteiger partial charge in [-0.2, -0.15) is 0 Å². The minimum absolute atomic E-state index is 0.0106. The molecule has 0 aliphatic rings. The van der Waals surface area contributed by atoms with Crippen LogP contribution in [0.25, 0.3) is 0 Å². The third-order valence-corrected chi connectivity index (χ3v) is 1.92. The minimum atomic E-state index is -0.478. The van der Waals surface area contributed by atoms with E-state index in [4.69, 9.17) is 9.84 Å². The summed E-state index contributed by atoms with van der Waals surface area (Å²) < 4.78 is 5.01. The number of methoxy groups -OCH3 is 1. The molecule has 1 N–H and O–H groups in total. The Kier molecular flexibility index (Phi) is 3.68. The van der Waals surface area contributed by atoms with E-state index >= 15 is 0 Å². The van der Waals surface area contributed by atoms with Crippen LogP contribution < -0.4 is 4.74 Å². The predicted molar refractivity (Wildman–Crippen MR) is 55.1 cm³/mol. The van der Waals surface area contributed by atoms with Crippen molar-refractivity contribution < 1.29 is 14.8 Å². The van der Waals surface area contributed by atoms with Gasteiger partial charge in [-0.15, -0.1) is 0 Å². The Morgan fingerprint density at radius 3 is 2.87 bits per heavy atom. The molecule has 1 aromatic carbocycles. The monoisotopic (exact) mass is 209 g/mol. The van der Waals surface area contributed by atoms with Crippen molar-refractivity contribution in [3.05, 3.63) is 46.2 Å². The van der Waals surface area contributed by atoms with Crippen molar-refractivity contribution in [1.82, 2.24) is 0 Å². The lowest BCUT2D eigenvalue weighted by molar-refractivity contribution is -0.384. The molecule has 0 saturated heterocycles. The van der Waals surface area contributed by atoms with Gasteiger partial charge in [-0.05, 0) is 24.1 Å². The minimum Gasteiger partial charge on any atom is -0.516 e. The van der Waals surface area contributed by atoms with Gasteiger partial charge < -0.3 is 9.84 Å². The molecule has 0 heterocycles. The van der Waals surface area contributed by atoms with Gasteiger partial charge in [0, 0.05) is 6.07 Å². The summed E-state index contributed by atoms with van der Waals surface area (Å²) >= 11 is 0. The summed E-state index contributed by atoms with van der Waals surface area (Å²) in [6.07, 6.45) is 2.93. The van der Waals surface area contributed by atoms with Crippen molar-refractivity contribution in [2.45, 2.75) is 6.42 Å². The van der Waals surface area contributed by atoms with Crippen molar-refractivity contribution in [2.75, 3.05) is 7.11 Å². The van der Waals surface area contributed by atoms with Gasteiger partial charge in [0.1, 0.15) is 5.75 Å². The fourth-order valence-corrected chi connectivity index (χ4v) is 1.20. The maximum atomic E-state index is 10.5. The highest BCUT2D eigenvalue weighted by Crippen LogP contribution is 2.24. The molecule has 0 spiro atoms. The van der Waals surface area contributed by atoms with Crippen molar-refractivity contribution >= 4 is 5.69 Å². The van der Waals surface area contributed by atoms with Crippen molar-refractivity contribution in [1.29, 1.82) is 0 Å². The van der Waals surface area contributed by atoms with Crippen LogP contribution in [0, 0.1) is 10.1 Å². The fraction of sp³-hybridized carbons (Fsp3) is 0.200. The zero-order valence-corrected chi connectivity index (χ0v) is 8.21. The van der Waals surface area contributed by atoms with Crippen molar-refractivity contribution in [3.8, 4) is 5.75 Å². The summed E-state index contributed by atoms with van der Waals surface area (Å²) in [5.41, 5.74) is 0.775. The molecule has 0 radical (unpaired) electrons. The average molecular weight is 209 g/mol. The topological polar surface area (TPSA) is 72.6 Å². The Balaban J connectivity index is 3.03. The SMILES string of the molecule is COc1cc([N+](=O)[O-])ccc1CC=CO. The second kappa shape index (κ2) is 4.99. The maximum Gasteiger partial charge on any atom is 0.273 e. The molecule has 1 rings (SSSR count). The standard InChI is InChI=1S/C10H11NO4/c1-15-10-7-9(11(13)14)5-4-8(10)3-2-6-12/h2,4-7,12H,3H2,1H3. The zero-order valence-electron chi connectivity index (χ0n) is 8.21. The maximum absolute atomic E-state index is 10.5. The van der Waals surface area contributed by atoms with Gasteiger partial charge >= 0.3 is 0 Å². The van der Waals surface area contributed by atoms with E-state index in [2.05, 4.69) is 0 Å². The molecule has 5 heteroatoms. The lowest BCUT2D eigenvalue weighted by Gasteiger charge is -2.05. The van der Waals surface area contributed by atoms with Crippen LogP contribution >= 0.6 is 0 Å². The van der Waals surface area contributed by atoms with E-state index in [0.29, 0.717) is 12.2 Å². The largest absolute Gasteiger partial charge is 0.516 e. The van der Waals surface area contributed by atoms with Crippen LogP contribution in [-0.2, 0) is 6.42 Å². The molecule has 0 bridgehead atoms. The number of nitro benzene ring substituents is 1. The van der Waals surface area contributed by atoms with E-state index in [-0.39, 0.29) is 5.69 Å². The number of ether oxygens (including phenoxy) is 1. The smallest absolute Gasteiger partial charge is 0.273 e. The second-order valence-corrected chi connectivity index (χ2v) is 2.84. The number of nitrogens with zero attached hydrogens (tertiary/aromatic N) is 1. The molecule has 5 nitrogen and oxygen atoms in total. The molecule has 80 valence electrons. The normalized spacial score (nSPS) is 10.5. The van der Waals surface area contributed by atoms with E-state index in [0.717, 1.165) is 11.8 Å². The third-order valence-electron chi connectivity index (χ3n) is 1.92. The van der Waals surface area contributed by atoms with E-state index < -0.39 is 4.92 Å². The Bertz CT molecular complexity index is 387. The number of allylic oxidation sites excluding steroid dienone is 1. The van der Waals surface area contributed by atoms with Gasteiger partial charge in [0.2, 0.25) is 0 Å². The first kappa shape index (κ1) is 11.0. The van der Waals surface area contributed by atoms with Crippen LogP contribution in [0.5, 0.6) is 5.75 Å². The number of hydrogen-bond donors (Lipinski definition) is 1. The summed E-state index contributed by atoms with van der Waals surface area (Å²) in [6, 6.07) is 4.38. The van der Waals surface area contributed by atoms with Crippen LogP contribution in [0.1, 0.15) is 5.56 Å². The molecule has 0 unspecified atom stereocenters. The van der Waals surface area contributed by atoms with Crippen LogP contribution in [0.2, 0.25) is 0 Å². The molecule has 1 aromatic rings. The zero-order chi connectivity index (χ0) is 11.3. The predicted octanol–water partition coefficient (Wildman–Crippen LogP) is 2.22. The molecule has 0 aliphatic carbocycles. The number of aliphatic hydroxyl groups is 1. The summed E-state index contributed by atoms with van der Waals surface area (Å²) in [4.78, 5) is 10.0. The average Bonchev–Trinajstić information content (AvgIpc) is 2.25. The third kappa shape index (κ3) is 2.70. The second-order valence-electron chi connectivity index (χ2n) is 2.84. The quantitative estimate of drug-likeness (QED) is 0.468. The van der Waals surface area contributed by atoms with Crippen LogP contribution in [0.3, 0.4) is 0 Å². The van der Waals surface area contributed by atoms with Crippen LogP contribution in [-0.4, -0.2) is 17.1 Å². The van der Waals surface area contributed by atoms with Crippen LogP contribution in [0.4, 0.5) is 5.69 Å². The van der Waals surface area contributed by atoms with E-state index in [1.807, 2.05) is 0 Å². The van der Waals surface area contributed by atoms with Gasteiger partial charge in [0.15, 0.2) is 0 Å². The molecular weight excluding hydrogens is 198 g/mol. The van der Waals surface area contributed by atoms with Gasteiger partial charge in [-0.1, -0.05) is 0 Å². The first-order chi connectivity index (χ1) is 7.19. The first-order valence-corrected chi connectivity index (χ1v) is 4.29. The molecule has 0 fully saturated rings. The molecule has 0 aromatic heterocycles. The van der Waals surface area contributed by atoms with E-state index in [1.54, 1.807) is 6.07 Å². The Labute approximate surface area is 86.8 Å². The molecule has 0 aliphatic heterocycles. The molecule has 15 heavy (non-hydrogen) atoms. The highest BCUT2D eigenvalue weighted by Gasteiger charge is 2.09. The molecule has 0 saturated carbocycles. The number of non-ortho nitro benzene ring substituents is 1. The summed E-state index contributed by atoms with van der Waals surface area (Å²) in [6.45, 7) is 0. The molecule has 0 amide bonds. The Hall–Kier alpha value is -2.04. The fourth-order valence-electron chi connectivity index (χ4n) is 1.20.